The molecule has 0 aromatic heterocycles. The Morgan fingerprint density at radius 1 is 1.03 bits per heavy atom. The van der Waals surface area contributed by atoms with Gasteiger partial charge in [0.05, 0.1) is 6.54 Å². The van der Waals surface area contributed by atoms with Crippen LogP contribution in [0.4, 0.5) is 8.78 Å². The van der Waals surface area contributed by atoms with Gasteiger partial charge in [0.2, 0.25) is 0 Å². The minimum Gasteiger partial charge on any atom is -0.434 e. The fourth-order valence-electron chi connectivity index (χ4n) is 2.67. The number of benzene rings is 2. The summed E-state index contributed by atoms with van der Waals surface area (Å²) in [6.45, 7) is 1.57. The summed E-state index contributed by atoms with van der Waals surface area (Å²) in [5.74, 6) is 0.782. The van der Waals surface area contributed by atoms with Crippen molar-refractivity contribution in [3.05, 3.63) is 65.2 Å². The Balaban J connectivity index is 0.00000420. The van der Waals surface area contributed by atoms with Crippen LogP contribution in [0.2, 0.25) is 0 Å². The highest BCUT2D eigenvalue weighted by molar-refractivity contribution is 14.0. The molecule has 2 aromatic carbocycles. The minimum atomic E-state index is -2.85. The van der Waals surface area contributed by atoms with Crippen LogP contribution in [0.25, 0.3) is 0 Å². The third kappa shape index (κ3) is 9.40. The number of para-hydroxylation sites is 1. The Bertz CT molecular complexity index is 755. The maximum Gasteiger partial charge on any atom is 0.387 e. The largest absolute Gasteiger partial charge is 0.434 e. The highest BCUT2D eigenvalue weighted by Crippen LogP contribution is 2.19. The summed E-state index contributed by atoms with van der Waals surface area (Å²) in [5, 5.41) is 6.33. The molecular weight excluding hydrogens is 489 g/mol. The molecular formula is C21H29F2IN4O. The van der Waals surface area contributed by atoms with Gasteiger partial charge in [-0.05, 0) is 38.2 Å². The number of aliphatic imine (C=N–C) groups is 1. The number of ether oxygens (including phenoxy) is 1. The van der Waals surface area contributed by atoms with Gasteiger partial charge in [0.15, 0.2) is 5.96 Å². The van der Waals surface area contributed by atoms with Crippen molar-refractivity contribution in [1.29, 1.82) is 0 Å². The monoisotopic (exact) mass is 518 g/mol. The average Bonchev–Trinajstić information content (AvgIpc) is 2.65. The zero-order valence-electron chi connectivity index (χ0n) is 17.0. The third-order valence-electron chi connectivity index (χ3n) is 3.92. The lowest BCUT2D eigenvalue weighted by atomic mass is 10.1. The number of hydrogen-bond donors (Lipinski definition) is 2. The molecule has 0 aliphatic heterocycles. The number of nitrogens with zero attached hydrogens (tertiary/aromatic N) is 2. The first-order valence-electron chi connectivity index (χ1n) is 9.25. The lowest BCUT2D eigenvalue weighted by Gasteiger charge is -2.14. The van der Waals surface area contributed by atoms with Crippen LogP contribution >= 0.6 is 24.0 Å². The van der Waals surface area contributed by atoms with Crippen LogP contribution in [0.1, 0.15) is 23.6 Å². The van der Waals surface area contributed by atoms with Gasteiger partial charge < -0.3 is 20.3 Å². The summed E-state index contributed by atoms with van der Waals surface area (Å²) >= 11 is 0. The van der Waals surface area contributed by atoms with Gasteiger partial charge in [-0.25, -0.2) is 4.99 Å². The highest BCUT2D eigenvalue weighted by atomic mass is 127. The van der Waals surface area contributed by atoms with Gasteiger partial charge in [-0.1, -0.05) is 42.5 Å². The van der Waals surface area contributed by atoms with E-state index in [1.54, 1.807) is 18.2 Å². The standard InChI is InChI=1S/C21H28F2N4O.HI/c1-4-24-21(25-13-16-9-11-17(12-10-16)15-27(2)3)26-14-18-7-5-6-8-19(18)28-20(22)23;/h5-12,20H,4,13-15H2,1-3H3,(H2,24,25,26);1H. The molecule has 0 spiro atoms. The number of nitrogens with one attached hydrogen (secondary N) is 2. The molecule has 2 rings (SSSR count). The van der Waals surface area contributed by atoms with Crippen LogP contribution in [-0.2, 0) is 19.6 Å². The molecule has 0 saturated heterocycles. The normalized spacial score (nSPS) is 11.3. The van der Waals surface area contributed by atoms with Crippen LogP contribution in [0, 0.1) is 0 Å². The molecule has 0 heterocycles. The first kappa shape index (κ1) is 25.1. The molecule has 0 saturated carbocycles. The molecule has 0 fully saturated rings. The molecule has 0 atom stereocenters. The minimum absolute atomic E-state index is 0. The van der Waals surface area contributed by atoms with E-state index in [0.29, 0.717) is 31.2 Å². The maximum atomic E-state index is 12.5. The van der Waals surface area contributed by atoms with Crippen molar-refractivity contribution in [1.82, 2.24) is 15.5 Å². The molecule has 8 heteroatoms. The molecule has 0 aliphatic rings. The molecule has 160 valence electrons. The molecule has 0 unspecified atom stereocenters. The highest BCUT2D eigenvalue weighted by Gasteiger charge is 2.09. The van der Waals surface area contributed by atoms with Crippen molar-refractivity contribution in [3.63, 3.8) is 0 Å². The molecule has 0 radical (unpaired) electrons. The van der Waals surface area contributed by atoms with E-state index in [9.17, 15) is 8.78 Å². The summed E-state index contributed by atoms with van der Waals surface area (Å²) in [6.07, 6.45) is 0. The molecule has 2 aromatic rings. The smallest absolute Gasteiger partial charge is 0.387 e. The lowest BCUT2D eigenvalue weighted by Crippen LogP contribution is -2.36. The predicted octanol–water partition coefficient (Wildman–Crippen LogP) is 4.22. The molecule has 0 bridgehead atoms. The second kappa shape index (κ2) is 13.3. The van der Waals surface area contributed by atoms with Crippen molar-refractivity contribution < 1.29 is 13.5 Å². The van der Waals surface area contributed by atoms with Crippen LogP contribution in [0.5, 0.6) is 5.75 Å². The fourth-order valence-corrected chi connectivity index (χ4v) is 2.67. The van der Waals surface area contributed by atoms with E-state index in [1.165, 1.54) is 11.6 Å². The van der Waals surface area contributed by atoms with Crippen LogP contribution in [-0.4, -0.2) is 38.1 Å². The molecule has 0 aliphatic carbocycles. The van der Waals surface area contributed by atoms with Crippen LogP contribution in [0.15, 0.2) is 53.5 Å². The van der Waals surface area contributed by atoms with E-state index in [4.69, 9.17) is 0 Å². The Labute approximate surface area is 188 Å². The van der Waals surface area contributed by atoms with Crippen molar-refractivity contribution in [2.24, 2.45) is 4.99 Å². The summed E-state index contributed by atoms with van der Waals surface area (Å²) in [6, 6.07) is 15.1. The first-order chi connectivity index (χ1) is 13.5. The zero-order valence-corrected chi connectivity index (χ0v) is 19.3. The SMILES string of the molecule is CCNC(=NCc1ccc(CN(C)C)cc1)NCc1ccccc1OC(F)F.I. The van der Waals surface area contributed by atoms with E-state index in [0.717, 1.165) is 12.1 Å². The van der Waals surface area contributed by atoms with Gasteiger partial charge in [-0.15, -0.1) is 24.0 Å². The summed E-state index contributed by atoms with van der Waals surface area (Å²) in [5.41, 5.74) is 2.99. The zero-order chi connectivity index (χ0) is 20.4. The van der Waals surface area contributed by atoms with Gasteiger partial charge in [0.25, 0.3) is 0 Å². The third-order valence-corrected chi connectivity index (χ3v) is 3.92. The van der Waals surface area contributed by atoms with Gasteiger partial charge in [-0.2, -0.15) is 8.78 Å². The second-order valence-electron chi connectivity index (χ2n) is 6.59. The van der Waals surface area contributed by atoms with Crippen LogP contribution in [0.3, 0.4) is 0 Å². The fraction of sp³-hybridized carbons (Fsp3) is 0.381. The predicted molar refractivity (Wildman–Crippen MR) is 124 cm³/mol. The van der Waals surface area contributed by atoms with Gasteiger partial charge in [0.1, 0.15) is 5.75 Å². The quantitative estimate of drug-likeness (QED) is 0.297. The molecule has 29 heavy (non-hydrogen) atoms. The Morgan fingerprint density at radius 2 is 1.69 bits per heavy atom. The summed E-state index contributed by atoms with van der Waals surface area (Å²) in [7, 11) is 4.08. The van der Waals surface area contributed by atoms with E-state index >= 15 is 0 Å². The number of hydrogen-bond acceptors (Lipinski definition) is 3. The number of alkyl halides is 2. The summed E-state index contributed by atoms with van der Waals surface area (Å²) < 4.78 is 29.7. The summed E-state index contributed by atoms with van der Waals surface area (Å²) in [4.78, 5) is 6.70. The molecule has 5 nitrogen and oxygen atoms in total. The van der Waals surface area contributed by atoms with Crippen molar-refractivity contribution >= 4 is 29.9 Å². The topological polar surface area (TPSA) is 48.9 Å². The van der Waals surface area contributed by atoms with E-state index in [2.05, 4.69) is 49.5 Å². The van der Waals surface area contributed by atoms with Crippen molar-refractivity contribution in [3.8, 4) is 5.75 Å². The number of rotatable bonds is 9. The maximum absolute atomic E-state index is 12.5. The van der Waals surface area contributed by atoms with Crippen LogP contribution < -0.4 is 15.4 Å². The Hall–Kier alpha value is -1.94. The first-order valence-corrected chi connectivity index (χ1v) is 9.25. The van der Waals surface area contributed by atoms with E-state index in [1.807, 2.05) is 21.0 Å². The number of guanidine groups is 1. The molecule has 0 amide bonds. The van der Waals surface area contributed by atoms with E-state index < -0.39 is 6.61 Å². The van der Waals surface area contributed by atoms with Gasteiger partial charge in [0, 0.05) is 25.2 Å². The Kier molecular flexibility index (Phi) is 11.5. The van der Waals surface area contributed by atoms with Gasteiger partial charge in [-0.3, -0.25) is 0 Å². The van der Waals surface area contributed by atoms with E-state index in [-0.39, 0.29) is 29.7 Å². The molecule has 2 N–H and O–H groups in total. The number of halogens is 3. The Morgan fingerprint density at radius 3 is 2.31 bits per heavy atom. The van der Waals surface area contributed by atoms with Crippen molar-refractivity contribution in [2.75, 3.05) is 20.6 Å². The van der Waals surface area contributed by atoms with Gasteiger partial charge >= 0.3 is 6.61 Å². The average molecular weight is 518 g/mol. The second-order valence-corrected chi connectivity index (χ2v) is 6.59. The lowest BCUT2D eigenvalue weighted by molar-refractivity contribution is -0.0504. The van der Waals surface area contributed by atoms with Crippen molar-refractivity contribution in [2.45, 2.75) is 33.2 Å².